The lowest BCUT2D eigenvalue weighted by atomic mass is 10.2. The second-order valence-electron chi connectivity index (χ2n) is 4.97. The van der Waals surface area contributed by atoms with Crippen LogP contribution in [-0.4, -0.2) is 39.5 Å². The van der Waals surface area contributed by atoms with E-state index >= 15 is 0 Å². The van der Waals surface area contributed by atoms with Crippen LogP contribution in [0.25, 0.3) is 0 Å². The fraction of sp³-hybridized carbons (Fsp3) is 0.500. The maximum absolute atomic E-state index is 12.2. The Morgan fingerprint density at radius 2 is 2.20 bits per heavy atom. The molecule has 6 heteroatoms. The summed E-state index contributed by atoms with van der Waals surface area (Å²) in [6.07, 6.45) is 1.84. The van der Waals surface area contributed by atoms with Crippen LogP contribution in [0.3, 0.4) is 0 Å². The third-order valence-corrected chi connectivity index (χ3v) is 2.79. The number of nitriles is 1. The van der Waals surface area contributed by atoms with Crippen LogP contribution >= 0.6 is 0 Å². The zero-order chi connectivity index (χ0) is 15.1. The van der Waals surface area contributed by atoms with Crippen molar-refractivity contribution in [3.05, 3.63) is 24.0 Å². The number of carboxylic acids is 1. The Morgan fingerprint density at radius 3 is 2.75 bits per heavy atom. The van der Waals surface area contributed by atoms with Crippen molar-refractivity contribution < 1.29 is 14.7 Å². The number of aromatic carboxylic acids is 1. The van der Waals surface area contributed by atoms with Gasteiger partial charge in [-0.15, -0.1) is 0 Å². The molecule has 0 radical (unpaired) electrons. The predicted molar refractivity (Wildman–Crippen MR) is 73.0 cm³/mol. The number of carbonyl (C=O) groups excluding carboxylic acids is 1. The van der Waals surface area contributed by atoms with Gasteiger partial charge < -0.3 is 14.6 Å². The molecule has 1 heterocycles. The molecule has 0 aromatic carbocycles. The highest BCUT2D eigenvalue weighted by Crippen LogP contribution is 2.06. The van der Waals surface area contributed by atoms with E-state index in [1.807, 2.05) is 19.9 Å². The van der Waals surface area contributed by atoms with Gasteiger partial charge in [0.2, 0.25) is 5.91 Å². The van der Waals surface area contributed by atoms with E-state index in [0.29, 0.717) is 19.0 Å². The highest BCUT2D eigenvalue weighted by atomic mass is 16.4. The van der Waals surface area contributed by atoms with Crippen LogP contribution in [0.2, 0.25) is 0 Å². The first-order valence-corrected chi connectivity index (χ1v) is 6.48. The van der Waals surface area contributed by atoms with Crippen LogP contribution in [0.5, 0.6) is 0 Å². The number of carboxylic acid groups (broad SMARTS) is 1. The van der Waals surface area contributed by atoms with E-state index in [9.17, 15) is 9.59 Å². The quantitative estimate of drug-likeness (QED) is 0.819. The zero-order valence-corrected chi connectivity index (χ0v) is 11.7. The third kappa shape index (κ3) is 4.43. The summed E-state index contributed by atoms with van der Waals surface area (Å²) in [5, 5.41) is 17.6. The normalized spacial score (nSPS) is 10.3. The number of carbonyl (C=O) groups is 2. The van der Waals surface area contributed by atoms with Crippen molar-refractivity contribution in [2.45, 2.75) is 26.8 Å². The van der Waals surface area contributed by atoms with Gasteiger partial charge in [0, 0.05) is 19.3 Å². The number of aromatic nitrogens is 1. The molecule has 0 spiro atoms. The largest absolute Gasteiger partial charge is 0.477 e. The van der Waals surface area contributed by atoms with Gasteiger partial charge in [-0.3, -0.25) is 4.79 Å². The summed E-state index contributed by atoms with van der Waals surface area (Å²) in [4.78, 5) is 24.8. The predicted octanol–water partition coefficient (Wildman–Crippen LogP) is 1.58. The van der Waals surface area contributed by atoms with Crippen molar-refractivity contribution >= 4 is 11.9 Å². The van der Waals surface area contributed by atoms with E-state index in [-0.39, 0.29) is 24.6 Å². The van der Waals surface area contributed by atoms with Crippen molar-refractivity contribution in [1.82, 2.24) is 9.47 Å². The summed E-state index contributed by atoms with van der Waals surface area (Å²) >= 11 is 0. The smallest absolute Gasteiger partial charge is 0.352 e. The molecule has 0 saturated carbocycles. The van der Waals surface area contributed by atoms with Gasteiger partial charge in [0.05, 0.1) is 12.5 Å². The van der Waals surface area contributed by atoms with E-state index < -0.39 is 5.97 Å². The molecule has 0 aliphatic carbocycles. The maximum atomic E-state index is 12.2. The topological polar surface area (TPSA) is 86.3 Å². The summed E-state index contributed by atoms with van der Waals surface area (Å²) in [5.41, 5.74) is 0.0862. The van der Waals surface area contributed by atoms with Crippen molar-refractivity contribution in [1.29, 1.82) is 5.26 Å². The molecular formula is C14H19N3O3. The van der Waals surface area contributed by atoms with Gasteiger partial charge >= 0.3 is 5.97 Å². The molecule has 0 fully saturated rings. The van der Waals surface area contributed by atoms with E-state index in [4.69, 9.17) is 10.4 Å². The fourth-order valence-corrected chi connectivity index (χ4v) is 1.94. The average Bonchev–Trinajstić information content (AvgIpc) is 2.82. The number of rotatable bonds is 7. The molecular weight excluding hydrogens is 258 g/mol. The van der Waals surface area contributed by atoms with Crippen LogP contribution in [0.15, 0.2) is 18.3 Å². The number of amides is 1. The van der Waals surface area contributed by atoms with Gasteiger partial charge in [-0.2, -0.15) is 5.26 Å². The lowest BCUT2D eigenvalue weighted by Gasteiger charge is -2.24. The Bertz CT molecular complexity index is 514. The second-order valence-corrected chi connectivity index (χ2v) is 4.97. The van der Waals surface area contributed by atoms with Crippen LogP contribution in [0, 0.1) is 17.2 Å². The molecule has 0 aliphatic heterocycles. The van der Waals surface area contributed by atoms with Gasteiger partial charge in [-0.1, -0.05) is 13.8 Å². The molecule has 1 rings (SSSR count). The molecule has 20 heavy (non-hydrogen) atoms. The van der Waals surface area contributed by atoms with Gasteiger partial charge in [-0.25, -0.2) is 4.79 Å². The van der Waals surface area contributed by atoms with E-state index in [1.54, 1.807) is 17.2 Å². The minimum Gasteiger partial charge on any atom is -0.477 e. The summed E-state index contributed by atoms with van der Waals surface area (Å²) in [7, 11) is 0. The van der Waals surface area contributed by atoms with Crippen LogP contribution < -0.4 is 0 Å². The highest BCUT2D eigenvalue weighted by molar-refractivity contribution is 5.86. The number of nitrogens with zero attached hydrogens (tertiary/aromatic N) is 3. The molecule has 108 valence electrons. The second kappa shape index (κ2) is 7.34. The van der Waals surface area contributed by atoms with E-state index in [0.717, 1.165) is 0 Å². The Hall–Kier alpha value is -2.29. The molecule has 0 saturated heterocycles. The Kier molecular flexibility index (Phi) is 5.78. The first-order chi connectivity index (χ1) is 9.45. The summed E-state index contributed by atoms with van der Waals surface area (Å²) in [6, 6.07) is 5.07. The SMILES string of the molecule is CC(C)CN(CCC#N)C(=O)Cn1cccc1C(=O)O. The molecule has 0 bridgehead atoms. The number of hydrogen-bond donors (Lipinski definition) is 1. The first-order valence-electron chi connectivity index (χ1n) is 6.48. The molecule has 0 atom stereocenters. The molecule has 6 nitrogen and oxygen atoms in total. The van der Waals surface area contributed by atoms with Crippen LogP contribution in [0.4, 0.5) is 0 Å². The molecule has 0 aliphatic rings. The molecule has 1 N–H and O–H groups in total. The Morgan fingerprint density at radius 1 is 1.50 bits per heavy atom. The average molecular weight is 277 g/mol. The van der Waals surface area contributed by atoms with Gasteiger partial charge in [0.1, 0.15) is 12.2 Å². The van der Waals surface area contributed by atoms with Crippen molar-refractivity contribution in [3.8, 4) is 6.07 Å². The van der Waals surface area contributed by atoms with E-state index in [2.05, 4.69) is 0 Å². The highest BCUT2D eigenvalue weighted by Gasteiger charge is 2.17. The van der Waals surface area contributed by atoms with Crippen molar-refractivity contribution in [3.63, 3.8) is 0 Å². The lowest BCUT2D eigenvalue weighted by Crippen LogP contribution is -2.37. The standard InChI is InChI=1S/C14H19N3O3/c1-11(2)9-17(8-4-6-15)13(18)10-16-7-3-5-12(16)14(19)20/h3,5,7,11H,4,8-10H2,1-2H3,(H,19,20). The zero-order valence-electron chi connectivity index (χ0n) is 11.7. The van der Waals surface area contributed by atoms with Gasteiger partial charge in [-0.05, 0) is 18.1 Å². The van der Waals surface area contributed by atoms with E-state index in [1.165, 1.54) is 10.6 Å². The van der Waals surface area contributed by atoms with Crippen LogP contribution in [-0.2, 0) is 11.3 Å². The van der Waals surface area contributed by atoms with Gasteiger partial charge in [0.25, 0.3) is 0 Å². The summed E-state index contributed by atoms with van der Waals surface area (Å²) in [5.74, 6) is -0.941. The van der Waals surface area contributed by atoms with Gasteiger partial charge in [0.15, 0.2) is 0 Å². The Labute approximate surface area is 118 Å². The minimum absolute atomic E-state index is 0.0210. The maximum Gasteiger partial charge on any atom is 0.352 e. The molecule has 1 aromatic heterocycles. The molecule has 0 unspecified atom stereocenters. The Balaban J connectivity index is 2.77. The first kappa shape index (κ1) is 15.8. The van der Waals surface area contributed by atoms with Crippen molar-refractivity contribution in [2.24, 2.45) is 5.92 Å². The molecule has 1 aromatic rings. The summed E-state index contributed by atoms with van der Waals surface area (Å²) in [6.45, 7) is 4.89. The van der Waals surface area contributed by atoms with Crippen LogP contribution in [0.1, 0.15) is 30.8 Å². The minimum atomic E-state index is -1.06. The van der Waals surface area contributed by atoms with Crippen molar-refractivity contribution in [2.75, 3.05) is 13.1 Å². The monoisotopic (exact) mass is 277 g/mol. The third-order valence-electron chi connectivity index (χ3n) is 2.79. The fourth-order valence-electron chi connectivity index (χ4n) is 1.94. The summed E-state index contributed by atoms with van der Waals surface area (Å²) < 4.78 is 1.41. The molecule has 1 amide bonds. The number of hydrogen-bond acceptors (Lipinski definition) is 3. The lowest BCUT2D eigenvalue weighted by molar-refractivity contribution is -0.132.